The lowest BCUT2D eigenvalue weighted by Crippen LogP contribution is -2.33. The molecule has 0 N–H and O–H groups in total. The van der Waals surface area contributed by atoms with Crippen LogP contribution in [-0.2, 0) is 15.8 Å². The van der Waals surface area contributed by atoms with Crippen LogP contribution in [0.5, 0.6) is 0 Å². The molecule has 3 rings (SSSR count). The third kappa shape index (κ3) is 3.27. The van der Waals surface area contributed by atoms with Gasteiger partial charge in [-0.05, 0) is 30.2 Å². The van der Waals surface area contributed by atoms with Crippen molar-refractivity contribution in [3.05, 3.63) is 71.3 Å². The van der Waals surface area contributed by atoms with Gasteiger partial charge in [-0.15, -0.1) is 0 Å². The topological polar surface area (TPSA) is 29.5 Å². The van der Waals surface area contributed by atoms with Crippen LogP contribution in [-0.4, -0.2) is 12.5 Å². The van der Waals surface area contributed by atoms with Crippen LogP contribution < -0.4 is 5.06 Å². The highest BCUT2D eigenvalue weighted by atomic mass is 19.4. The van der Waals surface area contributed by atoms with Crippen LogP contribution in [0, 0.1) is 6.92 Å². The van der Waals surface area contributed by atoms with Crippen molar-refractivity contribution in [2.75, 3.05) is 11.6 Å². The van der Waals surface area contributed by atoms with E-state index in [9.17, 15) is 18.0 Å². The van der Waals surface area contributed by atoms with Gasteiger partial charge in [0.2, 0.25) is 0 Å². The minimum Gasteiger partial charge on any atom is -0.336 e. The van der Waals surface area contributed by atoms with E-state index in [0.29, 0.717) is 5.57 Å². The average molecular weight is 333 g/mol. The maximum Gasteiger partial charge on any atom is 0.418 e. The van der Waals surface area contributed by atoms with Crippen LogP contribution in [0.1, 0.15) is 16.7 Å². The number of carbonyl (C=O) groups excluding carboxylic acids is 1. The molecule has 1 aliphatic heterocycles. The van der Waals surface area contributed by atoms with Gasteiger partial charge in [0.15, 0.2) is 0 Å². The Labute approximate surface area is 136 Å². The first-order valence-electron chi connectivity index (χ1n) is 7.28. The largest absolute Gasteiger partial charge is 0.418 e. The Morgan fingerprint density at radius 2 is 1.83 bits per heavy atom. The molecule has 1 heterocycles. The first-order chi connectivity index (χ1) is 11.3. The summed E-state index contributed by atoms with van der Waals surface area (Å²) in [5, 5.41) is 0.989. The van der Waals surface area contributed by atoms with Gasteiger partial charge in [-0.25, -0.2) is 9.86 Å². The Morgan fingerprint density at radius 3 is 2.54 bits per heavy atom. The van der Waals surface area contributed by atoms with Gasteiger partial charge in [0.25, 0.3) is 0 Å². The minimum atomic E-state index is -4.53. The maximum atomic E-state index is 13.2. The van der Waals surface area contributed by atoms with Crippen molar-refractivity contribution in [2.45, 2.75) is 13.1 Å². The van der Waals surface area contributed by atoms with Gasteiger partial charge in [0, 0.05) is 6.08 Å². The summed E-state index contributed by atoms with van der Waals surface area (Å²) < 4.78 is 39.6. The van der Waals surface area contributed by atoms with Crippen molar-refractivity contribution < 1.29 is 22.8 Å². The number of anilines is 1. The molecule has 3 nitrogen and oxygen atoms in total. The number of carbonyl (C=O) groups is 1. The van der Waals surface area contributed by atoms with Crippen molar-refractivity contribution in [3.8, 4) is 0 Å². The molecular weight excluding hydrogens is 319 g/mol. The van der Waals surface area contributed by atoms with E-state index in [2.05, 4.69) is 0 Å². The van der Waals surface area contributed by atoms with Crippen LogP contribution in [0.15, 0.2) is 54.6 Å². The summed E-state index contributed by atoms with van der Waals surface area (Å²) >= 11 is 0. The molecule has 0 fully saturated rings. The lowest BCUT2D eigenvalue weighted by molar-refractivity contribution is -0.143. The fourth-order valence-corrected chi connectivity index (χ4v) is 2.59. The summed E-state index contributed by atoms with van der Waals surface area (Å²) in [7, 11) is 0. The highest BCUT2D eigenvalue weighted by molar-refractivity contribution is 5.95. The minimum absolute atomic E-state index is 0.0439. The lowest BCUT2D eigenvalue weighted by atomic mass is 10.0. The van der Waals surface area contributed by atoms with E-state index in [-0.39, 0.29) is 12.2 Å². The molecule has 6 heteroatoms. The van der Waals surface area contributed by atoms with E-state index in [1.54, 1.807) is 0 Å². The molecule has 0 unspecified atom stereocenters. The van der Waals surface area contributed by atoms with E-state index in [4.69, 9.17) is 4.84 Å². The smallest absolute Gasteiger partial charge is 0.336 e. The highest BCUT2D eigenvalue weighted by Gasteiger charge is 2.36. The number of aryl methyl sites for hydroxylation is 1. The predicted octanol–water partition coefficient (Wildman–Crippen LogP) is 4.38. The number of alkyl halides is 3. The molecular formula is C18H14F3NO2. The first kappa shape index (κ1) is 16.1. The summed E-state index contributed by atoms with van der Waals surface area (Å²) in [4.78, 5) is 16.9. The van der Waals surface area contributed by atoms with Crippen LogP contribution >= 0.6 is 0 Å². The van der Waals surface area contributed by atoms with Crippen molar-refractivity contribution in [3.63, 3.8) is 0 Å². The Balaban J connectivity index is 1.98. The number of hydrogen-bond acceptors (Lipinski definition) is 3. The molecule has 2 aromatic carbocycles. The molecule has 2 aromatic rings. The van der Waals surface area contributed by atoms with Gasteiger partial charge in [0.05, 0.1) is 17.8 Å². The second-order valence-corrected chi connectivity index (χ2v) is 5.50. The second-order valence-electron chi connectivity index (χ2n) is 5.50. The molecule has 0 radical (unpaired) electrons. The zero-order valence-corrected chi connectivity index (χ0v) is 12.8. The quantitative estimate of drug-likeness (QED) is 0.817. The van der Waals surface area contributed by atoms with Gasteiger partial charge in [-0.3, -0.25) is 0 Å². The second kappa shape index (κ2) is 6.03. The fourth-order valence-electron chi connectivity index (χ4n) is 2.59. The van der Waals surface area contributed by atoms with E-state index < -0.39 is 17.7 Å². The number of benzene rings is 2. The first-order valence-corrected chi connectivity index (χ1v) is 7.28. The molecule has 0 atom stereocenters. The molecule has 1 aliphatic rings. The molecule has 124 valence electrons. The summed E-state index contributed by atoms with van der Waals surface area (Å²) in [6, 6.07) is 12.5. The van der Waals surface area contributed by atoms with Crippen molar-refractivity contribution in [2.24, 2.45) is 0 Å². The van der Waals surface area contributed by atoms with E-state index in [1.807, 2.05) is 31.2 Å². The highest BCUT2D eigenvalue weighted by Crippen LogP contribution is 2.38. The summed E-state index contributed by atoms with van der Waals surface area (Å²) in [6.07, 6.45) is -3.23. The van der Waals surface area contributed by atoms with Crippen LogP contribution in [0.25, 0.3) is 5.57 Å². The molecule has 0 saturated carbocycles. The number of halogens is 3. The third-order valence-electron chi connectivity index (χ3n) is 3.67. The average Bonchev–Trinajstić information content (AvgIpc) is 2.53. The molecule has 0 spiro atoms. The zero-order valence-electron chi connectivity index (χ0n) is 12.8. The molecule has 0 amide bonds. The Hall–Kier alpha value is -2.76. The third-order valence-corrected chi connectivity index (χ3v) is 3.67. The van der Waals surface area contributed by atoms with Gasteiger partial charge < -0.3 is 4.84 Å². The monoisotopic (exact) mass is 333 g/mol. The van der Waals surface area contributed by atoms with Gasteiger partial charge in [-0.2, -0.15) is 13.2 Å². The molecule has 24 heavy (non-hydrogen) atoms. The number of hydrogen-bond donors (Lipinski definition) is 0. The van der Waals surface area contributed by atoms with Crippen LogP contribution in [0.2, 0.25) is 0 Å². The van der Waals surface area contributed by atoms with Crippen molar-refractivity contribution >= 4 is 17.2 Å². The number of rotatable bonds is 2. The van der Waals surface area contributed by atoms with E-state index >= 15 is 0 Å². The van der Waals surface area contributed by atoms with Gasteiger partial charge >= 0.3 is 12.1 Å². The predicted molar refractivity (Wildman–Crippen MR) is 84.0 cm³/mol. The summed E-state index contributed by atoms with van der Waals surface area (Å²) in [6.45, 7) is 1.95. The number of para-hydroxylation sites is 1. The zero-order chi connectivity index (χ0) is 17.3. The van der Waals surface area contributed by atoms with E-state index in [0.717, 1.165) is 22.3 Å². The molecule has 0 aliphatic carbocycles. The van der Waals surface area contributed by atoms with Crippen molar-refractivity contribution in [1.29, 1.82) is 0 Å². The Bertz CT molecular complexity index is 812. The molecule has 0 bridgehead atoms. The summed E-state index contributed by atoms with van der Waals surface area (Å²) in [5.74, 6) is -0.699. The lowest BCUT2D eigenvalue weighted by Gasteiger charge is -2.29. The van der Waals surface area contributed by atoms with Gasteiger partial charge in [-0.1, -0.05) is 42.0 Å². The molecule has 0 saturated heterocycles. The van der Waals surface area contributed by atoms with Crippen molar-refractivity contribution in [1.82, 2.24) is 0 Å². The maximum absolute atomic E-state index is 13.2. The molecule has 0 aromatic heterocycles. The van der Waals surface area contributed by atoms with Gasteiger partial charge in [0.1, 0.15) is 0 Å². The standard InChI is InChI=1S/C18H14F3NO2/c1-12-5-4-6-13(9-12)14-10-17(23)24-22(11-14)16-8-3-2-7-15(16)18(19,20)21/h2-10H,11H2,1H3. The van der Waals surface area contributed by atoms with E-state index in [1.165, 1.54) is 24.3 Å². The summed E-state index contributed by atoms with van der Waals surface area (Å²) in [5.41, 5.74) is 1.35. The Morgan fingerprint density at radius 1 is 1.08 bits per heavy atom. The SMILES string of the molecule is Cc1cccc(C2=CC(=O)ON(c3ccccc3C(F)(F)F)C2)c1. The number of nitrogens with zero attached hydrogens (tertiary/aromatic N) is 1. The fraction of sp³-hybridized carbons (Fsp3) is 0.167. The normalized spacial score (nSPS) is 15.1. The Kier molecular flexibility index (Phi) is 4.05. The number of hydroxylamine groups is 1. The van der Waals surface area contributed by atoms with Crippen LogP contribution in [0.4, 0.5) is 18.9 Å². The van der Waals surface area contributed by atoms with Crippen LogP contribution in [0.3, 0.4) is 0 Å².